The van der Waals surface area contributed by atoms with Crippen LogP contribution in [0.2, 0.25) is 0 Å². The van der Waals surface area contributed by atoms with Crippen molar-refractivity contribution in [2.75, 3.05) is 11.9 Å². The molecule has 0 aliphatic heterocycles. The van der Waals surface area contributed by atoms with E-state index in [1.165, 1.54) is 0 Å². The summed E-state index contributed by atoms with van der Waals surface area (Å²) in [5, 5.41) is 5.97. The van der Waals surface area contributed by atoms with Crippen molar-refractivity contribution < 1.29 is 9.53 Å². The van der Waals surface area contributed by atoms with Crippen LogP contribution in [-0.2, 0) is 4.79 Å². The number of nitrogens with zero attached hydrogens (tertiary/aromatic N) is 1. The molecule has 0 atom stereocenters. The van der Waals surface area contributed by atoms with Crippen molar-refractivity contribution in [2.45, 2.75) is 38.8 Å². The lowest BCUT2D eigenvalue weighted by molar-refractivity contribution is -0.119. The molecule has 1 saturated carbocycles. The summed E-state index contributed by atoms with van der Waals surface area (Å²) in [5.74, 6) is 0.545. The largest absolute Gasteiger partial charge is 0.473 e. The van der Waals surface area contributed by atoms with Crippen molar-refractivity contribution in [3.63, 3.8) is 0 Å². The van der Waals surface area contributed by atoms with Gasteiger partial charge in [0.1, 0.15) is 0 Å². The lowest BCUT2D eigenvalue weighted by Gasteiger charge is -2.13. The zero-order valence-electron chi connectivity index (χ0n) is 10.8. The fraction of sp³-hybridized carbons (Fsp3) is 0.538. The summed E-state index contributed by atoms with van der Waals surface area (Å²) < 4.78 is 5.57. The Morgan fingerprint density at radius 2 is 2.33 bits per heavy atom. The van der Waals surface area contributed by atoms with Crippen molar-refractivity contribution in [1.82, 2.24) is 10.3 Å². The van der Waals surface area contributed by atoms with Crippen molar-refractivity contribution in [2.24, 2.45) is 0 Å². The summed E-state index contributed by atoms with van der Waals surface area (Å²) in [4.78, 5) is 15.7. The normalized spacial score (nSPS) is 14.4. The Morgan fingerprint density at radius 1 is 1.56 bits per heavy atom. The predicted molar refractivity (Wildman–Crippen MR) is 69.7 cm³/mol. The maximum atomic E-state index is 11.6. The van der Waals surface area contributed by atoms with Crippen molar-refractivity contribution in [1.29, 1.82) is 0 Å². The zero-order chi connectivity index (χ0) is 13.0. The van der Waals surface area contributed by atoms with E-state index in [2.05, 4.69) is 15.6 Å². The first-order valence-electron chi connectivity index (χ1n) is 6.30. The van der Waals surface area contributed by atoms with Gasteiger partial charge in [-0.2, -0.15) is 0 Å². The number of rotatable bonds is 6. The number of carbonyl (C=O) groups excluding carboxylic acids is 1. The van der Waals surface area contributed by atoms with E-state index in [4.69, 9.17) is 4.74 Å². The molecule has 1 heterocycles. The van der Waals surface area contributed by atoms with E-state index in [1.54, 1.807) is 6.20 Å². The van der Waals surface area contributed by atoms with Gasteiger partial charge < -0.3 is 15.4 Å². The van der Waals surface area contributed by atoms with Gasteiger partial charge in [0.25, 0.3) is 0 Å². The lowest BCUT2D eigenvalue weighted by Crippen LogP contribution is -2.31. The highest BCUT2D eigenvalue weighted by atomic mass is 16.5. The first kappa shape index (κ1) is 12.7. The second kappa shape index (κ2) is 5.71. The number of amides is 1. The molecule has 0 bridgehead atoms. The minimum atomic E-state index is 0.0110. The molecule has 18 heavy (non-hydrogen) atoms. The van der Waals surface area contributed by atoms with Gasteiger partial charge in [-0.15, -0.1) is 0 Å². The minimum absolute atomic E-state index is 0.0110. The maximum absolute atomic E-state index is 11.6. The van der Waals surface area contributed by atoms with Crippen LogP contribution in [0.25, 0.3) is 0 Å². The molecular weight excluding hydrogens is 230 g/mol. The molecule has 1 aromatic heterocycles. The van der Waals surface area contributed by atoms with Crippen LogP contribution in [-0.4, -0.2) is 29.6 Å². The average Bonchev–Trinajstić information content (AvgIpc) is 3.11. The van der Waals surface area contributed by atoms with Crippen LogP contribution in [0.3, 0.4) is 0 Å². The molecule has 1 aliphatic rings. The average molecular weight is 249 g/mol. The molecule has 2 N–H and O–H groups in total. The van der Waals surface area contributed by atoms with Crippen LogP contribution < -0.4 is 15.4 Å². The second-order valence-corrected chi connectivity index (χ2v) is 4.72. The molecule has 1 amide bonds. The highest BCUT2D eigenvalue weighted by Gasteiger charge is 2.23. The van der Waals surface area contributed by atoms with Crippen molar-refractivity contribution in [3.8, 4) is 5.88 Å². The molecule has 5 nitrogen and oxygen atoms in total. The number of anilines is 1. The Bertz CT molecular complexity index is 416. The summed E-state index contributed by atoms with van der Waals surface area (Å²) in [5.41, 5.74) is 0.747. The summed E-state index contributed by atoms with van der Waals surface area (Å²) in [6.45, 7) is 4.13. The molecule has 1 fully saturated rings. The van der Waals surface area contributed by atoms with E-state index in [-0.39, 0.29) is 18.6 Å². The van der Waals surface area contributed by atoms with Crippen LogP contribution in [0.15, 0.2) is 18.3 Å². The Hall–Kier alpha value is -1.78. The third kappa shape index (κ3) is 3.91. The van der Waals surface area contributed by atoms with E-state index in [0.717, 1.165) is 18.5 Å². The molecule has 98 valence electrons. The molecule has 2 rings (SSSR count). The van der Waals surface area contributed by atoms with Crippen LogP contribution in [0.4, 0.5) is 5.69 Å². The highest BCUT2D eigenvalue weighted by molar-refractivity contribution is 5.81. The number of carbonyl (C=O) groups is 1. The van der Waals surface area contributed by atoms with Crippen molar-refractivity contribution >= 4 is 11.6 Å². The maximum Gasteiger partial charge on any atom is 0.239 e. The van der Waals surface area contributed by atoms with Gasteiger partial charge in [-0.05, 0) is 38.8 Å². The van der Waals surface area contributed by atoms with Gasteiger partial charge in [-0.3, -0.25) is 4.79 Å². The summed E-state index contributed by atoms with van der Waals surface area (Å²) in [6.07, 6.45) is 3.93. The summed E-state index contributed by atoms with van der Waals surface area (Å²) >= 11 is 0. The van der Waals surface area contributed by atoms with Gasteiger partial charge in [0.2, 0.25) is 11.8 Å². The molecule has 1 aliphatic carbocycles. The molecule has 0 saturated heterocycles. The Morgan fingerprint density at radius 3 is 3.00 bits per heavy atom. The van der Waals surface area contributed by atoms with Gasteiger partial charge in [0.05, 0.1) is 18.3 Å². The van der Waals surface area contributed by atoms with E-state index >= 15 is 0 Å². The zero-order valence-corrected chi connectivity index (χ0v) is 10.8. The molecule has 0 radical (unpaired) electrons. The lowest BCUT2D eigenvalue weighted by atomic mass is 10.4. The Labute approximate surface area is 107 Å². The number of hydrogen-bond donors (Lipinski definition) is 2. The first-order valence-corrected chi connectivity index (χ1v) is 6.30. The third-order valence-electron chi connectivity index (χ3n) is 2.50. The summed E-state index contributed by atoms with van der Waals surface area (Å²) in [7, 11) is 0. The van der Waals surface area contributed by atoms with Crippen molar-refractivity contribution in [3.05, 3.63) is 18.3 Å². The quantitative estimate of drug-likeness (QED) is 0.803. The smallest absolute Gasteiger partial charge is 0.239 e. The van der Waals surface area contributed by atoms with Gasteiger partial charge in [0.15, 0.2) is 0 Å². The molecule has 5 heteroatoms. The van der Waals surface area contributed by atoms with Gasteiger partial charge >= 0.3 is 0 Å². The van der Waals surface area contributed by atoms with E-state index in [0.29, 0.717) is 11.9 Å². The number of aromatic nitrogens is 1. The van der Waals surface area contributed by atoms with Crippen LogP contribution in [0.1, 0.15) is 26.7 Å². The molecule has 1 aromatic rings. The van der Waals surface area contributed by atoms with E-state index < -0.39 is 0 Å². The predicted octanol–water partition coefficient (Wildman–Crippen LogP) is 1.56. The van der Waals surface area contributed by atoms with Gasteiger partial charge in [-0.1, -0.05) is 0 Å². The topological polar surface area (TPSA) is 63.2 Å². The Kier molecular flexibility index (Phi) is 4.02. The van der Waals surface area contributed by atoms with E-state index in [1.807, 2.05) is 26.0 Å². The number of hydrogen-bond acceptors (Lipinski definition) is 4. The number of pyridine rings is 1. The minimum Gasteiger partial charge on any atom is -0.473 e. The SMILES string of the molecule is CC(C)Oc1ncccc1NCC(=O)NC1CC1. The molecule has 0 spiro atoms. The molecule has 0 aromatic carbocycles. The molecular formula is C13H19N3O2. The number of nitrogens with one attached hydrogen (secondary N) is 2. The number of ether oxygens (including phenoxy) is 1. The highest BCUT2D eigenvalue weighted by Crippen LogP contribution is 2.21. The third-order valence-corrected chi connectivity index (χ3v) is 2.50. The van der Waals surface area contributed by atoms with Crippen LogP contribution >= 0.6 is 0 Å². The Balaban J connectivity index is 1.88. The van der Waals surface area contributed by atoms with Crippen LogP contribution in [0, 0.1) is 0 Å². The molecule has 0 unspecified atom stereocenters. The van der Waals surface area contributed by atoms with E-state index in [9.17, 15) is 4.79 Å². The van der Waals surface area contributed by atoms with Crippen LogP contribution in [0.5, 0.6) is 5.88 Å². The fourth-order valence-corrected chi connectivity index (χ4v) is 1.52. The standard InChI is InChI=1S/C13H19N3O2/c1-9(2)18-13-11(4-3-7-14-13)15-8-12(17)16-10-5-6-10/h3-4,7,9-10,15H,5-6,8H2,1-2H3,(H,16,17). The van der Waals surface area contributed by atoms with Gasteiger partial charge in [0, 0.05) is 12.2 Å². The monoisotopic (exact) mass is 249 g/mol. The van der Waals surface area contributed by atoms with Gasteiger partial charge in [-0.25, -0.2) is 4.98 Å². The second-order valence-electron chi connectivity index (χ2n) is 4.72. The first-order chi connectivity index (χ1) is 8.65. The fourth-order valence-electron chi connectivity index (χ4n) is 1.52. The summed E-state index contributed by atoms with van der Waals surface area (Å²) in [6, 6.07) is 4.06.